The van der Waals surface area contributed by atoms with E-state index in [2.05, 4.69) is 20.9 Å². The number of aromatic nitrogens is 1. The molecule has 2 aromatic carbocycles. The van der Waals surface area contributed by atoms with Crippen LogP contribution >= 0.6 is 15.9 Å². The highest BCUT2D eigenvalue weighted by molar-refractivity contribution is 9.10. The largest absolute Gasteiger partial charge is 0.416 e. The molecule has 0 saturated heterocycles. The Morgan fingerprint density at radius 3 is 2.15 bits per heavy atom. The van der Waals surface area contributed by atoms with Gasteiger partial charge in [-0.2, -0.15) is 21.6 Å². The van der Waals surface area contributed by atoms with E-state index in [0.717, 1.165) is 10.5 Å². The van der Waals surface area contributed by atoms with Crippen molar-refractivity contribution in [3.8, 4) is 17.1 Å². The van der Waals surface area contributed by atoms with Crippen molar-refractivity contribution in [2.75, 3.05) is 0 Å². The number of rotatable bonds is 4. The normalized spacial score (nSPS) is 12.0. The van der Waals surface area contributed by atoms with E-state index < -0.39 is 27.7 Å². The third-order valence-electron chi connectivity index (χ3n) is 3.50. The summed E-state index contributed by atoms with van der Waals surface area (Å²) in [6.45, 7) is 0. The smallest absolute Gasteiger partial charge is 0.358 e. The van der Waals surface area contributed by atoms with Gasteiger partial charge in [0.25, 0.3) is 0 Å². The quantitative estimate of drug-likeness (QED) is 0.499. The van der Waals surface area contributed by atoms with E-state index >= 15 is 0 Å². The van der Waals surface area contributed by atoms with E-state index in [0.29, 0.717) is 11.6 Å². The summed E-state index contributed by atoms with van der Waals surface area (Å²) in [6, 6.07) is 14.9. The van der Waals surface area contributed by atoms with E-state index in [9.17, 15) is 21.6 Å². The molecule has 0 atom stereocenters. The van der Waals surface area contributed by atoms with Crippen molar-refractivity contribution >= 4 is 26.0 Å². The Bertz CT molecular complexity index is 1050. The molecule has 0 spiro atoms. The van der Waals surface area contributed by atoms with Gasteiger partial charge in [-0.1, -0.05) is 46.3 Å². The summed E-state index contributed by atoms with van der Waals surface area (Å²) in [5.41, 5.74) is -0.740. The van der Waals surface area contributed by atoms with E-state index in [1.807, 2.05) is 0 Å². The van der Waals surface area contributed by atoms with E-state index in [-0.39, 0.29) is 10.6 Å². The van der Waals surface area contributed by atoms with Crippen molar-refractivity contribution < 1.29 is 25.8 Å². The fraction of sp³-hybridized carbons (Fsp3) is 0.0556. The average molecular weight is 458 g/mol. The molecular weight excluding hydrogens is 447 g/mol. The molecule has 140 valence electrons. The van der Waals surface area contributed by atoms with E-state index in [1.165, 1.54) is 24.3 Å². The first kappa shape index (κ1) is 19.4. The number of hydrogen-bond donors (Lipinski definition) is 0. The molecule has 1 heterocycles. The Morgan fingerprint density at radius 1 is 0.926 bits per heavy atom. The lowest BCUT2D eigenvalue weighted by atomic mass is 10.1. The number of benzene rings is 2. The van der Waals surface area contributed by atoms with Crippen LogP contribution in [-0.4, -0.2) is 13.4 Å². The zero-order valence-corrected chi connectivity index (χ0v) is 15.8. The Labute approximate surface area is 161 Å². The Morgan fingerprint density at radius 2 is 1.56 bits per heavy atom. The molecule has 0 fully saturated rings. The first-order chi connectivity index (χ1) is 12.6. The summed E-state index contributed by atoms with van der Waals surface area (Å²) in [5, 5.41) is 0. The Balaban J connectivity index is 2.07. The third kappa shape index (κ3) is 4.67. The van der Waals surface area contributed by atoms with Gasteiger partial charge in [0.05, 0.1) is 11.3 Å². The minimum atomic E-state index is -4.69. The van der Waals surface area contributed by atoms with Crippen LogP contribution in [-0.2, 0) is 16.3 Å². The molecule has 0 aliphatic heterocycles. The predicted octanol–water partition coefficient (Wildman–Crippen LogP) is 5.30. The van der Waals surface area contributed by atoms with Crippen molar-refractivity contribution in [2.45, 2.75) is 11.1 Å². The van der Waals surface area contributed by atoms with Gasteiger partial charge in [0.2, 0.25) is 5.88 Å². The lowest BCUT2D eigenvalue weighted by Crippen LogP contribution is -2.12. The van der Waals surface area contributed by atoms with Gasteiger partial charge < -0.3 is 4.18 Å². The highest BCUT2D eigenvalue weighted by Gasteiger charge is 2.32. The SMILES string of the molecule is O=S(=O)(Oc1cc(C(F)(F)F)cc(-c2ccc(Br)cc2)n1)c1ccccc1. The number of halogens is 4. The highest BCUT2D eigenvalue weighted by Crippen LogP contribution is 2.34. The molecule has 0 unspecified atom stereocenters. The first-order valence-corrected chi connectivity index (χ1v) is 9.70. The van der Waals surface area contributed by atoms with Crippen LogP contribution in [0.2, 0.25) is 0 Å². The van der Waals surface area contributed by atoms with Crippen LogP contribution in [0.1, 0.15) is 5.56 Å². The van der Waals surface area contributed by atoms with Crippen LogP contribution in [0, 0.1) is 0 Å². The van der Waals surface area contributed by atoms with E-state index in [1.54, 1.807) is 30.3 Å². The van der Waals surface area contributed by atoms with E-state index in [4.69, 9.17) is 4.18 Å². The maximum Gasteiger partial charge on any atom is 0.416 e. The van der Waals surface area contributed by atoms with Crippen molar-refractivity contribution in [2.24, 2.45) is 0 Å². The molecule has 0 aliphatic carbocycles. The van der Waals surface area contributed by atoms with Gasteiger partial charge in [0.1, 0.15) is 4.90 Å². The zero-order valence-electron chi connectivity index (χ0n) is 13.4. The van der Waals surface area contributed by atoms with Gasteiger partial charge in [-0.05, 0) is 30.3 Å². The molecule has 1 aromatic heterocycles. The predicted molar refractivity (Wildman–Crippen MR) is 96.6 cm³/mol. The molecule has 0 N–H and O–H groups in total. The van der Waals surface area contributed by atoms with Gasteiger partial charge in [-0.3, -0.25) is 0 Å². The Hall–Kier alpha value is -2.39. The van der Waals surface area contributed by atoms with Gasteiger partial charge in [-0.15, -0.1) is 0 Å². The van der Waals surface area contributed by atoms with Crippen LogP contribution in [0.25, 0.3) is 11.3 Å². The topological polar surface area (TPSA) is 56.3 Å². The molecule has 3 rings (SSSR count). The highest BCUT2D eigenvalue weighted by atomic mass is 79.9. The molecule has 27 heavy (non-hydrogen) atoms. The minimum absolute atomic E-state index is 0.0596. The van der Waals surface area contributed by atoms with Crippen molar-refractivity contribution in [3.05, 3.63) is 76.8 Å². The molecule has 0 saturated carbocycles. The van der Waals surface area contributed by atoms with Crippen LogP contribution in [0.5, 0.6) is 5.88 Å². The summed E-state index contributed by atoms with van der Waals surface area (Å²) < 4.78 is 69.9. The third-order valence-corrected chi connectivity index (χ3v) is 5.26. The second-order valence-electron chi connectivity index (χ2n) is 5.43. The number of alkyl halides is 3. The molecular formula is C18H11BrF3NO3S. The maximum absolute atomic E-state index is 13.2. The lowest BCUT2D eigenvalue weighted by molar-refractivity contribution is -0.137. The average Bonchev–Trinajstić information content (AvgIpc) is 2.62. The van der Waals surface area contributed by atoms with Gasteiger partial charge in [0.15, 0.2) is 0 Å². The molecule has 4 nitrogen and oxygen atoms in total. The Kier molecular flexibility index (Phi) is 5.25. The van der Waals surface area contributed by atoms with Crippen LogP contribution in [0.4, 0.5) is 13.2 Å². The summed E-state index contributed by atoms with van der Waals surface area (Å²) >= 11 is 3.24. The standard InChI is InChI=1S/C18H11BrF3NO3S/c19-14-8-6-12(7-9-14)16-10-13(18(20,21)22)11-17(23-16)26-27(24,25)15-4-2-1-3-5-15/h1-11H. The summed E-state index contributed by atoms with van der Waals surface area (Å²) in [7, 11) is -4.32. The van der Waals surface area contributed by atoms with Crippen molar-refractivity contribution in [1.82, 2.24) is 4.98 Å². The second kappa shape index (κ2) is 7.32. The summed E-state index contributed by atoms with van der Waals surface area (Å²) in [5.74, 6) is -0.661. The monoisotopic (exact) mass is 457 g/mol. The van der Waals surface area contributed by atoms with Crippen LogP contribution in [0.15, 0.2) is 76.1 Å². The number of pyridine rings is 1. The fourth-order valence-corrected chi connectivity index (χ4v) is 3.39. The lowest BCUT2D eigenvalue weighted by Gasteiger charge is -2.12. The van der Waals surface area contributed by atoms with Crippen LogP contribution in [0.3, 0.4) is 0 Å². The molecule has 0 radical (unpaired) electrons. The summed E-state index contributed by atoms with van der Waals surface area (Å²) in [6.07, 6.45) is -4.69. The molecule has 9 heteroatoms. The maximum atomic E-state index is 13.2. The zero-order chi connectivity index (χ0) is 19.7. The number of hydrogen-bond acceptors (Lipinski definition) is 4. The first-order valence-electron chi connectivity index (χ1n) is 7.50. The van der Waals surface area contributed by atoms with Crippen molar-refractivity contribution in [3.63, 3.8) is 0 Å². The van der Waals surface area contributed by atoms with Gasteiger partial charge in [-0.25, -0.2) is 4.98 Å². The van der Waals surface area contributed by atoms with Gasteiger partial charge >= 0.3 is 16.3 Å². The molecule has 0 aliphatic rings. The second-order valence-corrected chi connectivity index (χ2v) is 7.90. The summed E-state index contributed by atoms with van der Waals surface area (Å²) in [4.78, 5) is 3.76. The fourth-order valence-electron chi connectivity index (χ4n) is 2.23. The van der Waals surface area contributed by atoms with Crippen LogP contribution < -0.4 is 4.18 Å². The molecule has 0 bridgehead atoms. The number of nitrogens with zero attached hydrogens (tertiary/aromatic N) is 1. The van der Waals surface area contributed by atoms with Gasteiger partial charge in [0, 0.05) is 16.1 Å². The van der Waals surface area contributed by atoms with Crippen molar-refractivity contribution in [1.29, 1.82) is 0 Å². The molecule has 3 aromatic rings. The molecule has 0 amide bonds. The minimum Gasteiger partial charge on any atom is -0.358 e.